The number of benzene rings is 2. The Hall–Kier alpha value is -3.09. The first kappa shape index (κ1) is 21.2. The van der Waals surface area contributed by atoms with Gasteiger partial charge in [0.05, 0.1) is 13.7 Å². The maximum atomic E-state index is 13.5. The van der Waals surface area contributed by atoms with Gasteiger partial charge in [0.15, 0.2) is 11.5 Å². The van der Waals surface area contributed by atoms with Crippen LogP contribution in [0, 0.1) is 11.7 Å². The molecule has 1 saturated heterocycles. The number of carbonyl (C=O) groups is 2. The number of hydrogen-bond acceptors (Lipinski definition) is 4. The zero-order valence-electron chi connectivity index (χ0n) is 17.8. The van der Waals surface area contributed by atoms with Crippen molar-refractivity contribution in [3.63, 3.8) is 0 Å². The van der Waals surface area contributed by atoms with E-state index in [-0.39, 0.29) is 24.3 Å². The molecule has 1 heterocycles. The Morgan fingerprint density at radius 3 is 2.71 bits per heavy atom. The molecule has 0 spiro atoms. The molecular weight excluding hydrogens is 399 g/mol. The number of carbonyl (C=O) groups excluding carboxylic acids is 2. The number of anilines is 1. The molecule has 0 radical (unpaired) electrons. The van der Waals surface area contributed by atoms with Crippen LogP contribution in [0.3, 0.4) is 0 Å². The second-order valence-corrected chi connectivity index (χ2v) is 8.27. The summed E-state index contributed by atoms with van der Waals surface area (Å²) in [5, 5.41) is 0. The number of rotatable bonds is 8. The van der Waals surface area contributed by atoms with Crippen molar-refractivity contribution in [3.8, 4) is 11.5 Å². The highest BCUT2D eigenvalue weighted by Gasteiger charge is 2.33. The van der Waals surface area contributed by atoms with Gasteiger partial charge in [-0.2, -0.15) is 0 Å². The number of amides is 2. The Morgan fingerprint density at radius 2 is 2.00 bits per heavy atom. The number of likely N-dealkylation sites (N-methyl/N-ethyl adjacent to an activating group) is 1. The lowest BCUT2D eigenvalue weighted by Gasteiger charge is -2.22. The Balaban J connectivity index is 1.41. The first-order valence-corrected chi connectivity index (χ1v) is 10.5. The Morgan fingerprint density at radius 1 is 1.19 bits per heavy atom. The van der Waals surface area contributed by atoms with Crippen molar-refractivity contribution >= 4 is 17.5 Å². The number of likely N-dealkylation sites (tertiary alicyclic amines) is 1. The molecule has 1 atom stereocenters. The van der Waals surface area contributed by atoms with Crippen molar-refractivity contribution in [2.75, 3.05) is 38.8 Å². The lowest BCUT2D eigenvalue weighted by Crippen LogP contribution is -2.39. The minimum absolute atomic E-state index is 0.0195. The van der Waals surface area contributed by atoms with E-state index in [0.717, 1.165) is 5.56 Å². The van der Waals surface area contributed by atoms with E-state index < -0.39 is 5.82 Å². The Labute approximate surface area is 181 Å². The summed E-state index contributed by atoms with van der Waals surface area (Å²) < 4.78 is 24.8. The van der Waals surface area contributed by atoms with Crippen LogP contribution in [0.4, 0.5) is 10.1 Å². The predicted octanol–water partition coefficient (Wildman–Crippen LogP) is 3.60. The van der Waals surface area contributed by atoms with Gasteiger partial charge in [-0.1, -0.05) is 12.1 Å². The summed E-state index contributed by atoms with van der Waals surface area (Å²) >= 11 is 0. The number of hydrogen-bond donors (Lipinski definition) is 0. The highest BCUT2D eigenvalue weighted by molar-refractivity contribution is 5.96. The van der Waals surface area contributed by atoms with E-state index in [9.17, 15) is 14.0 Å². The molecular formula is C24H27FN2O4. The molecule has 0 unspecified atom stereocenters. The quantitative estimate of drug-likeness (QED) is 0.647. The SMILES string of the molecule is COc1ccc([C@@H]2CC(=O)N(CC(=O)N(C)c3cccc(F)c3)C2)cc1OCC1CC1. The second-order valence-electron chi connectivity index (χ2n) is 8.27. The van der Waals surface area contributed by atoms with Crippen LogP contribution in [0.1, 0.15) is 30.7 Å². The molecule has 7 heteroatoms. The molecule has 4 rings (SSSR count). The first-order chi connectivity index (χ1) is 14.9. The maximum absolute atomic E-state index is 13.5. The molecule has 31 heavy (non-hydrogen) atoms. The van der Waals surface area contributed by atoms with Gasteiger partial charge in [0, 0.05) is 31.6 Å². The minimum atomic E-state index is -0.409. The van der Waals surface area contributed by atoms with Crippen LogP contribution < -0.4 is 14.4 Å². The molecule has 2 aliphatic rings. The fourth-order valence-electron chi connectivity index (χ4n) is 3.80. The van der Waals surface area contributed by atoms with Crippen LogP contribution in [-0.4, -0.2) is 50.6 Å². The Bertz CT molecular complexity index is 976. The number of methoxy groups -OCH3 is 1. The van der Waals surface area contributed by atoms with Crippen molar-refractivity contribution in [1.82, 2.24) is 4.90 Å². The summed E-state index contributed by atoms with van der Waals surface area (Å²) in [6.07, 6.45) is 2.74. The van der Waals surface area contributed by atoms with E-state index in [2.05, 4.69) is 0 Å². The number of halogens is 1. The van der Waals surface area contributed by atoms with E-state index in [0.29, 0.717) is 42.7 Å². The van der Waals surface area contributed by atoms with Gasteiger partial charge in [-0.3, -0.25) is 9.59 Å². The van der Waals surface area contributed by atoms with Crippen molar-refractivity contribution in [3.05, 3.63) is 53.8 Å². The van der Waals surface area contributed by atoms with Crippen LogP contribution in [0.25, 0.3) is 0 Å². The number of ether oxygens (including phenoxy) is 2. The highest BCUT2D eigenvalue weighted by Crippen LogP contribution is 2.37. The molecule has 1 saturated carbocycles. The fraction of sp³-hybridized carbons (Fsp3) is 0.417. The third kappa shape index (κ3) is 4.98. The lowest BCUT2D eigenvalue weighted by molar-refractivity contribution is -0.132. The second kappa shape index (κ2) is 8.96. The third-order valence-corrected chi connectivity index (χ3v) is 5.94. The average Bonchev–Trinajstić information content (AvgIpc) is 3.53. The fourth-order valence-corrected chi connectivity index (χ4v) is 3.80. The molecule has 2 aromatic rings. The van der Waals surface area contributed by atoms with E-state index in [1.54, 1.807) is 31.2 Å². The van der Waals surface area contributed by atoms with Crippen molar-refractivity contribution in [1.29, 1.82) is 0 Å². The van der Waals surface area contributed by atoms with Gasteiger partial charge < -0.3 is 19.3 Å². The average molecular weight is 426 g/mol. The summed E-state index contributed by atoms with van der Waals surface area (Å²) in [4.78, 5) is 28.2. The van der Waals surface area contributed by atoms with Gasteiger partial charge in [0.1, 0.15) is 12.4 Å². The van der Waals surface area contributed by atoms with Crippen molar-refractivity contribution < 1.29 is 23.5 Å². The normalized spacial score (nSPS) is 18.2. The first-order valence-electron chi connectivity index (χ1n) is 10.5. The summed E-state index contributed by atoms with van der Waals surface area (Å²) in [6, 6.07) is 11.6. The molecule has 0 N–H and O–H groups in total. The van der Waals surface area contributed by atoms with Gasteiger partial charge in [0.25, 0.3) is 0 Å². The molecule has 2 aromatic carbocycles. The summed E-state index contributed by atoms with van der Waals surface area (Å²) in [6.45, 7) is 1.09. The molecule has 0 aromatic heterocycles. The van der Waals surface area contributed by atoms with E-state index >= 15 is 0 Å². The van der Waals surface area contributed by atoms with Crippen molar-refractivity contribution in [2.45, 2.75) is 25.2 Å². The third-order valence-electron chi connectivity index (χ3n) is 5.94. The molecule has 1 aliphatic carbocycles. The largest absolute Gasteiger partial charge is 0.493 e. The summed E-state index contributed by atoms with van der Waals surface area (Å²) in [5.74, 6) is 1.24. The molecule has 164 valence electrons. The zero-order chi connectivity index (χ0) is 22.0. The van der Waals surface area contributed by atoms with Gasteiger partial charge >= 0.3 is 0 Å². The van der Waals surface area contributed by atoms with E-state index in [1.807, 2.05) is 18.2 Å². The van der Waals surface area contributed by atoms with Gasteiger partial charge in [-0.15, -0.1) is 0 Å². The maximum Gasteiger partial charge on any atom is 0.246 e. The molecule has 0 bridgehead atoms. The van der Waals surface area contributed by atoms with E-state index in [1.165, 1.54) is 29.9 Å². The lowest BCUT2D eigenvalue weighted by atomic mass is 9.98. The van der Waals surface area contributed by atoms with Gasteiger partial charge in [0.2, 0.25) is 11.8 Å². The van der Waals surface area contributed by atoms with Crippen molar-refractivity contribution in [2.24, 2.45) is 5.92 Å². The minimum Gasteiger partial charge on any atom is -0.493 e. The standard InChI is InChI=1S/C24H27FN2O4/c1-26(20-5-3-4-19(25)12-20)24(29)14-27-13-18(11-23(27)28)17-8-9-21(30-2)22(10-17)31-15-16-6-7-16/h3-5,8-10,12,16,18H,6-7,11,13-15H2,1-2H3/t18-/m1/s1. The summed E-state index contributed by atoms with van der Waals surface area (Å²) in [7, 11) is 3.20. The van der Waals surface area contributed by atoms with Crippen LogP contribution in [-0.2, 0) is 9.59 Å². The van der Waals surface area contributed by atoms with Gasteiger partial charge in [-0.25, -0.2) is 4.39 Å². The monoisotopic (exact) mass is 426 g/mol. The molecule has 2 fully saturated rings. The van der Waals surface area contributed by atoms with Gasteiger partial charge in [-0.05, 0) is 54.7 Å². The smallest absolute Gasteiger partial charge is 0.246 e. The molecule has 2 amide bonds. The van der Waals surface area contributed by atoms with Crippen LogP contribution in [0.5, 0.6) is 11.5 Å². The topological polar surface area (TPSA) is 59.1 Å². The predicted molar refractivity (Wildman–Crippen MR) is 115 cm³/mol. The van der Waals surface area contributed by atoms with Crippen LogP contribution in [0.2, 0.25) is 0 Å². The summed E-state index contributed by atoms with van der Waals surface area (Å²) in [5.41, 5.74) is 1.45. The van der Waals surface area contributed by atoms with Crippen LogP contribution >= 0.6 is 0 Å². The van der Waals surface area contributed by atoms with E-state index in [4.69, 9.17) is 9.47 Å². The number of nitrogens with zero attached hydrogens (tertiary/aromatic N) is 2. The van der Waals surface area contributed by atoms with Crippen LogP contribution in [0.15, 0.2) is 42.5 Å². The highest BCUT2D eigenvalue weighted by atomic mass is 19.1. The zero-order valence-corrected chi connectivity index (χ0v) is 17.8. The Kier molecular flexibility index (Phi) is 6.11. The molecule has 6 nitrogen and oxygen atoms in total. The molecule has 1 aliphatic heterocycles.